The van der Waals surface area contributed by atoms with E-state index in [1.807, 2.05) is 42.7 Å². The molecule has 0 atom stereocenters. The molecule has 2 aromatic heterocycles. The van der Waals surface area contributed by atoms with Gasteiger partial charge >= 0.3 is 0 Å². The lowest BCUT2D eigenvalue weighted by Crippen LogP contribution is -2.38. The summed E-state index contributed by atoms with van der Waals surface area (Å²) in [5.74, 6) is 0.0487. The highest BCUT2D eigenvalue weighted by molar-refractivity contribution is 7.81. The lowest BCUT2D eigenvalue weighted by atomic mass is 10.2. The molecule has 2 N–H and O–H groups in total. The topological polar surface area (TPSA) is 36.1 Å². The maximum atomic E-state index is 10.8. The number of aliphatic hydroxyl groups is 1. The minimum atomic E-state index is 0.0487. The first-order valence-electron chi connectivity index (χ1n) is 7.27. The molecule has 0 spiro atoms. The Kier molecular flexibility index (Phi) is 5.71. The Morgan fingerprint density at radius 1 is 1.04 bits per heavy atom. The van der Waals surface area contributed by atoms with Gasteiger partial charge in [0, 0.05) is 22.8 Å². The molecular weight excluding hydrogens is 395 g/mol. The summed E-state index contributed by atoms with van der Waals surface area (Å²) in [6, 6.07) is 16.3. The first-order valence-corrected chi connectivity index (χ1v) is 9.25. The molecule has 0 aliphatic rings. The molecule has 2 heterocycles. The number of aromatic nitrogens is 1. The number of thiocarbonyl (C=S) groups is 1. The van der Waals surface area contributed by atoms with Crippen LogP contribution in [-0.2, 0) is 0 Å². The molecule has 0 saturated heterocycles. The average molecular weight is 408 g/mol. The summed E-state index contributed by atoms with van der Waals surface area (Å²) in [7, 11) is 0. The molecule has 0 unspecified atom stereocenters. The third kappa shape index (κ3) is 4.38. The minimum absolute atomic E-state index is 0.0487. The van der Waals surface area contributed by atoms with Crippen LogP contribution in [0.5, 0.6) is 0 Å². The summed E-state index contributed by atoms with van der Waals surface area (Å²) < 4.78 is 2.34. The summed E-state index contributed by atoms with van der Waals surface area (Å²) in [6.07, 6.45) is 3.62. The third-order valence-corrected chi connectivity index (χ3v) is 5.07. The van der Waals surface area contributed by atoms with Crippen molar-refractivity contribution in [2.45, 2.75) is 0 Å². The van der Waals surface area contributed by atoms with Crippen LogP contribution >= 0.6 is 46.8 Å². The Labute approximate surface area is 164 Å². The van der Waals surface area contributed by atoms with E-state index in [1.54, 1.807) is 28.8 Å². The maximum absolute atomic E-state index is 10.8. The Bertz CT molecular complexity index is 939. The van der Waals surface area contributed by atoms with Crippen molar-refractivity contribution < 1.29 is 9.67 Å². The van der Waals surface area contributed by atoms with Crippen molar-refractivity contribution in [1.29, 1.82) is 0 Å². The fourth-order valence-electron chi connectivity index (χ4n) is 2.21. The first kappa shape index (κ1) is 17.9. The molecular formula is C18H13Cl2N2OS2+. The maximum Gasteiger partial charge on any atom is 0.289 e. The van der Waals surface area contributed by atoms with Crippen LogP contribution < -0.4 is 9.88 Å². The molecule has 0 aliphatic carbocycles. The minimum Gasteiger partial charge on any atom is -0.501 e. The van der Waals surface area contributed by atoms with Crippen molar-refractivity contribution in [2.24, 2.45) is 0 Å². The van der Waals surface area contributed by atoms with Gasteiger partial charge in [0.05, 0.1) is 9.21 Å². The number of aliphatic hydroxyl groups excluding tert-OH is 1. The van der Waals surface area contributed by atoms with E-state index in [0.717, 1.165) is 5.69 Å². The van der Waals surface area contributed by atoms with E-state index in [4.69, 9.17) is 35.4 Å². The molecule has 0 bridgehead atoms. The van der Waals surface area contributed by atoms with E-state index >= 15 is 0 Å². The van der Waals surface area contributed by atoms with Gasteiger partial charge in [-0.1, -0.05) is 47.6 Å². The van der Waals surface area contributed by atoms with Gasteiger partial charge in [0.15, 0.2) is 17.4 Å². The van der Waals surface area contributed by atoms with Crippen LogP contribution in [0.2, 0.25) is 9.36 Å². The second kappa shape index (κ2) is 7.97. The molecule has 3 rings (SSSR count). The molecule has 1 aromatic carbocycles. The summed E-state index contributed by atoms with van der Waals surface area (Å²) in [6.45, 7) is 0. The van der Waals surface area contributed by atoms with E-state index in [-0.39, 0.29) is 5.76 Å². The van der Waals surface area contributed by atoms with Crippen molar-refractivity contribution in [3.05, 3.63) is 81.2 Å². The molecule has 3 nitrogen and oxygen atoms in total. The third-order valence-electron chi connectivity index (χ3n) is 3.30. The second-order valence-electron chi connectivity index (χ2n) is 5.05. The number of rotatable bonds is 4. The van der Waals surface area contributed by atoms with E-state index in [1.165, 1.54) is 11.3 Å². The van der Waals surface area contributed by atoms with Crippen molar-refractivity contribution in [3.63, 3.8) is 0 Å². The van der Waals surface area contributed by atoms with Gasteiger partial charge in [-0.2, -0.15) is 4.57 Å². The van der Waals surface area contributed by atoms with Crippen molar-refractivity contribution in [3.8, 4) is 0 Å². The average Bonchev–Trinajstić information content (AvgIpc) is 3.02. The van der Waals surface area contributed by atoms with Gasteiger partial charge in [0.1, 0.15) is 0 Å². The van der Waals surface area contributed by atoms with Crippen LogP contribution in [-0.4, -0.2) is 10.1 Å². The number of benzene rings is 1. The number of thiophene rings is 1. The van der Waals surface area contributed by atoms with Crippen LogP contribution in [0.4, 0.5) is 5.69 Å². The lowest BCUT2D eigenvalue weighted by molar-refractivity contribution is -0.575. The van der Waals surface area contributed by atoms with Gasteiger partial charge in [0.25, 0.3) is 5.70 Å². The second-order valence-corrected chi connectivity index (χ2v) is 7.61. The molecule has 0 amide bonds. The zero-order valence-electron chi connectivity index (χ0n) is 12.8. The van der Waals surface area contributed by atoms with Gasteiger partial charge in [-0.15, -0.1) is 11.3 Å². The fraction of sp³-hybridized carbons (Fsp3) is 0. The molecule has 7 heteroatoms. The largest absolute Gasteiger partial charge is 0.501 e. The number of hydrogen-bond donors (Lipinski definition) is 2. The standard InChI is InChI=1S/C18H12Cl2N2OS2/c19-12-5-4-6-13(11-12)21-18(24)16(22-9-2-1-3-10-22)17(23)14-7-8-15(20)25-14/h1-11H,(H-,21,23,24)/p+1. The van der Waals surface area contributed by atoms with Crippen LogP contribution in [0.3, 0.4) is 0 Å². The molecule has 0 saturated carbocycles. The van der Waals surface area contributed by atoms with Gasteiger partial charge in [0.2, 0.25) is 5.76 Å². The molecule has 0 fully saturated rings. The summed E-state index contributed by atoms with van der Waals surface area (Å²) in [5.41, 5.74) is 1.19. The summed E-state index contributed by atoms with van der Waals surface area (Å²) in [4.78, 5) is 0.993. The lowest BCUT2D eigenvalue weighted by Gasteiger charge is -2.09. The van der Waals surface area contributed by atoms with Crippen LogP contribution in [0.1, 0.15) is 4.88 Å². The van der Waals surface area contributed by atoms with Gasteiger partial charge in [-0.05, 0) is 30.3 Å². The van der Waals surface area contributed by atoms with Crippen molar-refractivity contribution in [1.82, 2.24) is 0 Å². The zero-order valence-corrected chi connectivity index (χ0v) is 16.0. The highest BCUT2D eigenvalue weighted by Crippen LogP contribution is 2.29. The van der Waals surface area contributed by atoms with E-state index in [2.05, 4.69) is 5.32 Å². The van der Waals surface area contributed by atoms with Crippen LogP contribution in [0.25, 0.3) is 11.5 Å². The molecule has 25 heavy (non-hydrogen) atoms. The summed E-state index contributed by atoms with van der Waals surface area (Å²) >= 11 is 18.8. The number of hydrogen-bond acceptors (Lipinski definition) is 3. The monoisotopic (exact) mass is 407 g/mol. The number of anilines is 1. The van der Waals surface area contributed by atoms with Crippen LogP contribution in [0.15, 0.2) is 67.0 Å². The smallest absolute Gasteiger partial charge is 0.289 e. The molecule has 126 valence electrons. The number of halogens is 2. The fourth-order valence-corrected chi connectivity index (χ4v) is 3.71. The van der Waals surface area contributed by atoms with E-state index in [0.29, 0.717) is 24.9 Å². The quantitative estimate of drug-likeness (QED) is 0.253. The Balaban J connectivity index is 2.04. The summed E-state index contributed by atoms with van der Waals surface area (Å²) in [5, 5.41) is 14.5. The van der Waals surface area contributed by atoms with Gasteiger partial charge < -0.3 is 10.4 Å². The SMILES string of the molecule is O/C(=C(\C(=S)Nc1cccc(Cl)c1)[n+]1ccccc1)c1ccc(Cl)s1. The predicted molar refractivity (Wildman–Crippen MR) is 109 cm³/mol. The zero-order chi connectivity index (χ0) is 17.8. The molecule has 0 radical (unpaired) electrons. The van der Waals surface area contributed by atoms with Crippen molar-refractivity contribution in [2.75, 3.05) is 5.32 Å². The number of pyridine rings is 1. The number of nitrogens with zero attached hydrogens (tertiary/aromatic N) is 1. The normalized spacial score (nSPS) is 11.8. The Morgan fingerprint density at radius 3 is 2.44 bits per heavy atom. The number of nitrogens with one attached hydrogen (secondary N) is 1. The Morgan fingerprint density at radius 2 is 1.80 bits per heavy atom. The van der Waals surface area contributed by atoms with Crippen molar-refractivity contribution >= 4 is 68.9 Å². The van der Waals surface area contributed by atoms with Gasteiger partial charge in [-0.25, -0.2) is 0 Å². The Hall–Kier alpha value is -1.92. The highest BCUT2D eigenvalue weighted by Gasteiger charge is 2.24. The highest BCUT2D eigenvalue weighted by atomic mass is 35.5. The van der Waals surface area contributed by atoms with Gasteiger partial charge in [-0.3, -0.25) is 0 Å². The first-order chi connectivity index (χ1) is 12.0. The molecule has 0 aliphatic heterocycles. The predicted octanol–water partition coefficient (Wildman–Crippen LogP) is 5.67. The molecule has 3 aromatic rings. The van der Waals surface area contributed by atoms with Crippen LogP contribution in [0, 0.1) is 0 Å². The van der Waals surface area contributed by atoms with E-state index in [9.17, 15) is 5.11 Å². The van der Waals surface area contributed by atoms with E-state index < -0.39 is 0 Å².